The van der Waals surface area contributed by atoms with Crippen molar-refractivity contribution in [2.75, 3.05) is 11.4 Å². The topological polar surface area (TPSA) is 16.1 Å². The van der Waals surface area contributed by atoms with Crippen molar-refractivity contribution in [2.45, 2.75) is 25.9 Å². The third-order valence-corrected chi connectivity index (χ3v) is 4.84. The summed E-state index contributed by atoms with van der Waals surface area (Å²) in [4.78, 5) is 7.49. The van der Waals surface area contributed by atoms with E-state index in [9.17, 15) is 4.39 Å². The molecule has 106 valence electrons. The van der Waals surface area contributed by atoms with E-state index >= 15 is 0 Å². The molecule has 4 rings (SSSR count). The van der Waals surface area contributed by atoms with Gasteiger partial charge in [0.15, 0.2) is 0 Å². The summed E-state index contributed by atoms with van der Waals surface area (Å²) in [5, 5.41) is 0. The van der Waals surface area contributed by atoms with Crippen molar-refractivity contribution in [1.82, 2.24) is 4.98 Å². The molecule has 0 atom stereocenters. The molecular weight excluding hydrogens is 283 g/mol. The Morgan fingerprint density at radius 3 is 2.81 bits per heavy atom. The number of nitrogens with zero attached hydrogens (tertiary/aromatic N) is 2. The summed E-state index contributed by atoms with van der Waals surface area (Å²) in [5.41, 5.74) is 6.67. The Hall–Kier alpha value is -1.81. The maximum absolute atomic E-state index is 13.2. The van der Waals surface area contributed by atoms with Gasteiger partial charge in [-0.3, -0.25) is 4.98 Å². The number of hydrogen-bond acceptors (Lipinski definition) is 2. The predicted molar refractivity (Wildman–Crippen MR) is 86.5 cm³/mol. The normalized spacial score (nSPS) is 16.2. The average Bonchev–Trinajstić information content (AvgIpc) is 2.96. The van der Waals surface area contributed by atoms with Gasteiger partial charge in [-0.2, -0.15) is 0 Å². The molecule has 0 saturated heterocycles. The molecule has 3 heterocycles. The van der Waals surface area contributed by atoms with Crippen molar-refractivity contribution >= 4 is 22.9 Å². The number of halogens is 1. The van der Waals surface area contributed by atoms with Crippen LogP contribution in [0.25, 0.3) is 11.1 Å². The van der Waals surface area contributed by atoms with Gasteiger partial charge in [0.25, 0.3) is 0 Å². The summed E-state index contributed by atoms with van der Waals surface area (Å²) in [7, 11) is 0. The first-order chi connectivity index (χ1) is 10.3. The van der Waals surface area contributed by atoms with E-state index in [0.717, 1.165) is 41.9 Å². The first-order valence-corrected chi connectivity index (χ1v) is 7.64. The quantitative estimate of drug-likeness (QED) is 0.783. The van der Waals surface area contributed by atoms with E-state index in [0.29, 0.717) is 5.56 Å². The minimum Gasteiger partial charge on any atom is -0.335 e. The third kappa shape index (κ3) is 1.97. The molecule has 0 N–H and O–H groups in total. The fourth-order valence-corrected chi connectivity index (χ4v) is 3.70. The molecule has 0 aliphatic carbocycles. The van der Waals surface area contributed by atoms with Crippen molar-refractivity contribution in [3.63, 3.8) is 0 Å². The number of aryl methyl sites for hydroxylation is 1. The van der Waals surface area contributed by atoms with Crippen molar-refractivity contribution in [3.05, 3.63) is 47.3 Å². The fraction of sp³-hybridized carbons (Fsp3) is 0.294. The number of rotatable bonds is 2. The molecule has 0 amide bonds. The SMILES string of the molecule is FCc1ccncc1-c1cc2c3c(c1)CCN3C(=S)CC2. The molecule has 0 radical (unpaired) electrons. The summed E-state index contributed by atoms with van der Waals surface area (Å²) >= 11 is 5.47. The lowest BCUT2D eigenvalue weighted by Crippen LogP contribution is -2.31. The highest BCUT2D eigenvalue weighted by Crippen LogP contribution is 2.40. The minimum atomic E-state index is -0.458. The van der Waals surface area contributed by atoms with Crippen molar-refractivity contribution in [1.29, 1.82) is 0 Å². The van der Waals surface area contributed by atoms with Crippen LogP contribution in [-0.2, 0) is 19.5 Å². The highest BCUT2D eigenvalue weighted by atomic mass is 32.1. The Kier molecular flexibility index (Phi) is 3.00. The molecule has 0 bridgehead atoms. The molecule has 0 spiro atoms. The van der Waals surface area contributed by atoms with Crippen molar-refractivity contribution in [2.24, 2.45) is 0 Å². The van der Waals surface area contributed by atoms with Crippen LogP contribution in [0.1, 0.15) is 23.1 Å². The standard InChI is InChI=1S/C17H15FN2S/c18-9-13-3-5-19-10-15(13)14-7-11-1-2-16(21)20-6-4-12(8-14)17(11)20/h3,5,7-8,10H,1-2,4,6,9H2. The van der Waals surface area contributed by atoms with Gasteiger partial charge in [-0.05, 0) is 53.3 Å². The Balaban J connectivity index is 1.88. The monoisotopic (exact) mass is 298 g/mol. The summed E-state index contributed by atoms with van der Waals surface area (Å²) in [6, 6.07) is 6.13. The molecule has 0 unspecified atom stereocenters. The lowest BCUT2D eigenvalue weighted by molar-refractivity contribution is 0.486. The Morgan fingerprint density at radius 2 is 2.00 bits per heavy atom. The summed E-state index contributed by atoms with van der Waals surface area (Å²) in [6.07, 6.45) is 6.35. The molecular formula is C17H15FN2S. The number of benzene rings is 1. The van der Waals surface area contributed by atoms with Crippen LogP contribution >= 0.6 is 12.2 Å². The predicted octanol–water partition coefficient (Wildman–Crippen LogP) is 3.85. The maximum atomic E-state index is 13.2. The summed E-state index contributed by atoms with van der Waals surface area (Å²) < 4.78 is 13.2. The maximum Gasteiger partial charge on any atom is 0.115 e. The van der Waals surface area contributed by atoms with Gasteiger partial charge in [0, 0.05) is 36.6 Å². The van der Waals surface area contributed by atoms with Gasteiger partial charge < -0.3 is 4.90 Å². The number of anilines is 1. The van der Waals surface area contributed by atoms with Gasteiger partial charge in [0.1, 0.15) is 6.67 Å². The highest BCUT2D eigenvalue weighted by Gasteiger charge is 2.29. The second kappa shape index (κ2) is 4.88. The van der Waals surface area contributed by atoms with Crippen LogP contribution in [0.4, 0.5) is 10.1 Å². The molecule has 21 heavy (non-hydrogen) atoms. The fourth-order valence-electron chi connectivity index (χ4n) is 3.41. The number of aromatic nitrogens is 1. The van der Waals surface area contributed by atoms with Crippen LogP contribution in [-0.4, -0.2) is 16.5 Å². The van der Waals surface area contributed by atoms with Gasteiger partial charge in [0.2, 0.25) is 0 Å². The van der Waals surface area contributed by atoms with E-state index in [4.69, 9.17) is 12.2 Å². The second-order valence-corrected chi connectivity index (χ2v) is 6.08. The largest absolute Gasteiger partial charge is 0.335 e. The zero-order valence-electron chi connectivity index (χ0n) is 11.6. The first-order valence-electron chi connectivity index (χ1n) is 7.23. The number of pyridine rings is 1. The van der Waals surface area contributed by atoms with Crippen LogP contribution in [0.15, 0.2) is 30.6 Å². The van der Waals surface area contributed by atoms with Crippen LogP contribution in [0.5, 0.6) is 0 Å². The molecule has 2 aliphatic heterocycles. The lowest BCUT2D eigenvalue weighted by atomic mass is 9.93. The molecule has 1 aromatic heterocycles. The van der Waals surface area contributed by atoms with Crippen molar-refractivity contribution in [3.8, 4) is 11.1 Å². The lowest BCUT2D eigenvalue weighted by Gasteiger charge is -2.28. The molecule has 2 nitrogen and oxygen atoms in total. The molecule has 2 aromatic rings. The molecule has 0 saturated carbocycles. The van der Waals surface area contributed by atoms with E-state index < -0.39 is 6.67 Å². The van der Waals surface area contributed by atoms with E-state index in [2.05, 4.69) is 22.0 Å². The number of hydrogen-bond donors (Lipinski definition) is 0. The molecule has 1 aromatic carbocycles. The highest BCUT2D eigenvalue weighted by molar-refractivity contribution is 7.80. The van der Waals surface area contributed by atoms with Crippen molar-refractivity contribution < 1.29 is 4.39 Å². The zero-order valence-corrected chi connectivity index (χ0v) is 12.4. The molecule has 0 fully saturated rings. The van der Waals surface area contributed by atoms with Gasteiger partial charge in [-0.1, -0.05) is 12.2 Å². The van der Waals surface area contributed by atoms with Crippen LogP contribution in [0.2, 0.25) is 0 Å². The third-order valence-electron chi connectivity index (χ3n) is 4.42. The van der Waals surface area contributed by atoms with Gasteiger partial charge in [-0.25, -0.2) is 4.39 Å². The smallest absolute Gasteiger partial charge is 0.115 e. The zero-order chi connectivity index (χ0) is 14.4. The minimum absolute atomic E-state index is 0.458. The van der Waals surface area contributed by atoms with Crippen LogP contribution in [0.3, 0.4) is 0 Å². The number of alkyl halides is 1. The van der Waals surface area contributed by atoms with E-state index in [1.807, 2.05) is 0 Å². The summed E-state index contributed by atoms with van der Waals surface area (Å²) in [6.45, 7) is 0.522. The average molecular weight is 298 g/mol. The van der Waals surface area contributed by atoms with E-state index in [1.165, 1.54) is 16.8 Å². The molecule has 2 aliphatic rings. The molecule has 4 heteroatoms. The van der Waals surface area contributed by atoms with Gasteiger partial charge in [-0.15, -0.1) is 0 Å². The Bertz CT molecular complexity index is 742. The van der Waals surface area contributed by atoms with E-state index in [-0.39, 0.29) is 0 Å². The van der Waals surface area contributed by atoms with Crippen LogP contribution < -0.4 is 4.90 Å². The number of thiocarbonyl (C=S) groups is 1. The Morgan fingerprint density at radius 1 is 1.19 bits per heavy atom. The van der Waals surface area contributed by atoms with Crippen LogP contribution in [0, 0.1) is 0 Å². The Labute approximate surface area is 128 Å². The van der Waals surface area contributed by atoms with Gasteiger partial charge >= 0.3 is 0 Å². The first kappa shape index (κ1) is 12.9. The van der Waals surface area contributed by atoms with Gasteiger partial charge in [0.05, 0.1) is 4.99 Å². The second-order valence-electron chi connectivity index (χ2n) is 5.60. The van der Waals surface area contributed by atoms with E-state index in [1.54, 1.807) is 18.5 Å². The summed E-state index contributed by atoms with van der Waals surface area (Å²) in [5.74, 6) is 0.